The second-order valence-electron chi connectivity index (χ2n) is 5.64. The van der Waals surface area contributed by atoms with Gasteiger partial charge >= 0.3 is 5.97 Å². The molecule has 0 atom stereocenters. The zero-order chi connectivity index (χ0) is 12.6. The van der Waals surface area contributed by atoms with Crippen molar-refractivity contribution >= 4 is 18.4 Å². The molecule has 0 saturated heterocycles. The molecule has 1 fully saturated rings. The van der Waals surface area contributed by atoms with E-state index in [0.29, 0.717) is 18.9 Å². The Morgan fingerprint density at radius 3 is 2.16 bits per heavy atom. The van der Waals surface area contributed by atoms with Crippen molar-refractivity contribution in [2.24, 2.45) is 0 Å². The van der Waals surface area contributed by atoms with Gasteiger partial charge in [-0.25, -0.2) is 0 Å². The highest BCUT2D eigenvalue weighted by molar-refractivity contribution is 5.85. The third-order valence-corrected chi connectivity index (χ3v) is 4.35. The van der Waals surface area contributed by atoms with Crippen LogP contribution in [0.5, 0.6) is 0 Å². The molecule has 0 heterocycles. The van der Waals surface area contributed by atoms with Gasteiger partial charge < -0.3 is 5.11 Å². The van der Waals surface area contributed by atoms with Crippen molar-refractivity contribution in [2.45, 2.75) is 50.1 Å². The van der Waals surface area contributed by atoms with Crippen molar-refractivity contribution in [3.63, 3.8) is 0 Å². The van der Waals surface area contributed by atoms with Crippen LogP contribution in [0, 0.1) is 0 Å². The monoisotopic (exact) mass is 281 g/mol. The van der Waals surface area contributed by atoms with Gasteiger partial charge in [0.1, 0.15) is 5.54 Å². The molecule has 0 aromatic heterocycles. The van der Waals surface area contributed by atoms with Crippen LogP contribution in [0.15, 0.2) is 24.3 Å². The third-order valence-electron chi connectivity index (χ3n) is 4.35. The standard InChI is InChI=1S/C15H19NO2.ClH/c17-14(18)15(16-13-7-3-4-8-13)9-11-5-1-2-6-12(11)10-15;/h1-2,5-6,13,16H,3-4,7-10H2,(H,17,18);1H. The number of carboxylic acids is 1. The summed E-state index contributed by atoms with van der Waals surface area (Å²) in [4.78, 5) is 11.7. The summed E-state index contributed by atoms with van der Waals surface area (Å²) in [6.45, 7) is 0. The molecule has 0 spiro atoms. The minimum atomic E-state index is -0.765. The fraction of sp³-hybridized carbons (Fsp3) is 0.533. The number of hydrogen-bond acceptors (Lipinski definition) is 2. The summed E-state index contributed by atoms with van der Waals surface area (Å²) in [5, 5.41) is 13.1. The number of benzene rings is 1. The van der Waals surface area contributed by atoms with E-state index in [1.807, 2.05) is 12.1 Å². The first kappa shape index (κ1) is 14.4. The maximum Gasteiger partial charge on any atom is 0.324 e. The molecule has 19 heavy (non-hydrogen) atoms. The van der Waals surface area contributed by atoms with Gasteiger partial charge in [0.2, 0.25) is 0 Å². The van der Waals surface area contributed by atoms with E-state index in [1.54, 1.807) is 0 Å². The number of rotatable bonds is 3. The minimum absolute atomic E-state index is 0. The topological polar surface area (TPSA) is 49.3 Å². The maximum absolute atomic E-state index is 11.7. The second-order valence-corrected chi connectivity index (χ2v) is 5.64. The summed E-state index contributed by atoms with van der Waals surface area (Å²) in [6.07, 6.45) is 5.92. The molecule has 3 rings (SSSR count). The zero-order valence-corrected chi connectivity index (χ0v) is 11.7. The Hall–Kier alpha value is -1.06. The van der Waals surface area contributed by atoms with Crippen LogP contribution in [0.1, 0.15) is 36.8 Å². The number of fused-ring (bicyclic) bond motifs is 1. The Kier molecular flexibility index (Phi) is 4.16. The van der Waals surface area contributed by atoms with Gasteiger partial charge in [0.05, 0.1) is 0 Å². The zero-order valence-electron chi connectivity index (χ0n) is 10.9. The third kappa shape index (κ3) is 2.63. The molecule has 0 radical (unpaired) electrons. The fourth-order valence-electron chi connectivity index (χ4n) is 3.39. The Morgan fingerprint density at radius 1 is 1.16 bits per heavy atom. The summed E-state index contributed by atoms with van der Waals surface area (Å²) in [5.41, 5.74) is 1.61. The number of aliphatic carboxylic acids is 1. The van der Waals surface area contributed by atoms with E-state index in [2.05, 4.69) is 17.4 Å². The van der Waals surface area contributed by atoms with Crippen LogP contribution in [0.4, 0.5) is 0 Å². The first-order valence-corrected chi connectivity index (χ1v) is 6.77. The number of carbonyl (C=O) groups is 1. The summed E-state index contributed by atoms with van der Waals surface area (Å²) in [5.74, 6) is -0.703. The van der Waals surface area contributed by atoms with Crippen LogP contribution < -0.4 is 5.32 Å². The van der Waals surface area contributed by atoms with Gasteiger partial charge in [0.25, 0.3) is 0 Å². The average molecular weight is 282 g/mol. The summed E-state index contributed by atoms with van der Waals surface area (Å²) in [7, 11) is 0. The molecule has 1 aromatic rings. The lowest BCUT2D eigenvalue weighted by atomic mass is 9.94. The summed E-state index contributed by atoms with van der Waals surface area (Å²) >= 11 is 0. The van der Waals surface area contributed by atoms with Gasteiger partial charge in [0, 0.05) is 18.9 Å². The van der Waals surface area contributed by atoms with Crippen LogP contribution in [0.25, 0.3) is 0 Å². The van der Waals surface area contributed by atoms with Gasteiger partial charge in [0.15, 0.2) is 0 Å². The Labute approximate surface area is 119 Å². The molecule has 0 aliphatic heterocycles. The van der Waals surface area contributed by atoms with Crippen molar-refractivity contribution in [3.8, 4) is 0 Å². The Morgan fingerprint density at radius 2 is 1.68 bits per heavy atom. The van der Waals surface area contributed by atoms with Gasteiger partial charge in [-0.1, -0.05) is 37.1 Å². The lowest BCUT2D eigenvalue weighted by Gasteiger charge is -2.29. The van der Waals surface area contributed by atoms with Crippen molar-refractivity contribution in [3.05, 3.63) is 35.4 Å². The van der Waals surface area contributed by atoms with Crippen molar-refractivity contribution < 1.29 is 9.90 Å². The molecule has 2 N–H and O–H groups in total. The highest BCUT2D eigenvalue weighted by Gasteiger charge is 2.45. The molecule has 2 aliphatic rings. The first-order chi connectivity index (χ1) is 8.70. The van der Waals surface area contributed by atoms with E-state index < -0.39 is 11.5 Å². The fourth-order valence-corrected chi connectivity index (χ4v) is 3.39. The lowest BCUT2D eigenvalue weighted by Crippen LogP contribution is -2.56. The number of halogens is 1. The van der Waals surface area contributed by atoms with E-state index in [4.69, 9.17) is 0 Å². The van der Waals surface area contributed by atoms with Crippen molar-refractivity contribution in [1.29, 1.82) is 0 Å². The normalized spacial score (nSPS) is 20.8. The predicted molar refractivity (Wildman–Crippen MR) is 76.9 cm³/mol. The quantitative estimate of drug-likeness (QED) is 0.895. The van der Waals surface area contributed by atoms with E-state index >= 15 is 0 Å². The number of hydrogen-bond donors (Lipinski definition) is 2. The van der Waals surface area contributed by atoms with Crippen molar-refractivity contribution in [2.75, 3.05) is 0 Å². The van der Waals surface area contributed by atoms with E-state index in [-0.39, 0.29) is 12.4 Å². The van der Waals surface area contributed by atoms with Gasteiger partial charge in [-0.3, -0.25) is 10.1 Å². The van der Waals surface area contributed by atoms with Crippen LogP contribution >= 0.6 is 12.4 Å². The summed E-state index contributed by atoms with van der Waals surface area (Å²) in [6, 6.07) is 8.47. The molecule has 0 unspecified atom stereocenters. The maximum atomic E-state index is 11.7. The molecule has 0 bridgehead atoms. The van der Waals surface area contributed by atoms with Gasteiger partial charge in [-0.05, 0) is 24.0 Å². The Bertz CT molecular complexity index is 444. The van der Waals surface area contributed by atoms with E-state index in [1.165, 1.54) is 24.0 Å². The molecule has 1 aromatic carbocycles. The average Bonchev–Trinajstić information content (AvgIpc) is 2.96. The molecule has 1 saturated carbocycles. The van der Waals surface area contributed by atoms with Crippen LogP contribution in [0.2, 0.25) is 0 Å². The predicted octanol–water partition coefficient (Wildman–Crippen LogP) is 2.56. The smallest absolute Gasteiger partial charge is 0.324 e. The van der Waals surface area contributed by atoms with Crippen LogP contribution in [0.3, 0.4) is 0 Å². The molecule has 3 nitrogen and oxygen atoms in total. The lowest BCUT2D eigenvalue weighted by molar-refractivity contribution is -0.144. The molecule has 4 heteroatoms. The first-order valence-electron chi connectivity index (χ1n) is 6.77. The number of nitrogens with one attached hydrogen (secondary N) is 1. The van der Waals surface area contributed by atoms with Gasteiger partial charge in [-0.15, -0.1) is 12.4 Å². The molecular weight excluding hydrogens is 262 g/mol. The Balaban J connectivity index is 0.00000133. The van der Waals surface area contributed by atoms with Gasteiger partial charge in [-0.2, -0.15) is 0 Å². The summed E-state index contributed by atoms with van der Waals surface area (Å²) < 4.78 is 0. The van der Waals surface area contributed by atoms with Crippen LogP contribution in [-0.4, -0.2) is 22.7 Å². The van der Waals surface area contributed by atoms with E-state index in [9.17, 15) is 9.90 Å². The van der Waals surface area contributed by atoms with Crippen LogP contribution in [-0.2, 0) is 17.6 Å². The minimum Gasteiger partial charge on any atom is -0.480 e. The highest BCUT2D eigenvalue weighted by Crippen LogP contribution is 2.32. The largest absolute Gasteiger partial charge is 0.480 e. The second kappa shape index (κ2) is 5.51. The number of carboxylic acid groups (broad SMARTS) is 1. The van der Waals surface area contributed by atoms with E-state index in [0.717, 1.165) is 12.8 Å². The highest BCUT2D eigenvalue weighted by atomic mass is 35.5. The molecule has 0 amide bonds. The molecular formula is C15H20ClNO2. The van der Waals surface area contributed by atoms with Crippen molar-refractivity contribution in [1.82, 2.24) is 5.32 Å². The SMILES string of the molecule is Cl.O=C(O)C1(NC2CCCC2)Cc2ccccc2C1. The molecule has 104 valence electrons. The molecule has 2 aliphatic carbocycles.